The Morgan fingerprint density at radius 2 is 1.88 bits per heavy atom. The van der Waals surface area contributed by atoms with Crippen LogP contribution in [0.3, 0.4) is 0 Å². The number of benzene rings is 2. The molecule has 10 nitrogen and oxygen atoms in total. The second kappa shape index (κ2) is 11.3. The minimum Gasteiger partial charge on any atom is -0.497 e. The maximum atomic E-state index is 14.3. The first-order valence-electron chi connectivity index (χ1n) is 14.2. The lowest BCUT2D eigenvalue weighted by atomic mass is 9.94. The normalized spacial score (nSPS) is 13.9. The standard InChI is InChI=1S/C32H29FN8O2/c1-43-24-13-20(11-22(33)15-24)29-31-27(6-9-36-29)38-32(39-31)30-25-14-19(2-3-26(25)40-41-30)21-12-23(17-35-16-21)37-28(42)10-18-4-7-34-8-5-18/h2-3,6,9,11-18,34H,4-5,7-8,10H2,1H3,(H,37,42)(H,38,39)(H,40,41). The lowest BCUT2D eigenvalue weighted by Gasteiger charge is -2.21. The Labute approximate surface area is 246 Å². The highest BCUT2D eigenvalue weighted by molar-refractivity contribution is 5.98. The number of halogens is 1. The zero-order valence-corrected chi connectivity index (χ0v) is 23.4. The maximum Gasteiger partial charge on any atom is 0.224 e. The molecule has 1 saturated heterocycles. The number of fused-ring (bicyclic) bond motifs is 2. The third-order valence-corrected chi connectivity index (χ3v) is 7.86. The second-order valence-electron chi connectivity index (χ2n) is 10.8. The van der Waals surface area contributed by atoms with Crippen LogP contribution in [-0.2, 0) is 4.79 Å². The van der Waals surface area contributed by atoms with Crippen molar-refractivity contribution in [2.45, 2.75) is 19.3 Å². The molecule has 1 aliphatic heterocycles. The summed E-state index contributed by atoms with van der Waals surface area (Å²) in [5.41, 5.74) is 6.35. The summed E-state index contributed by atoms with van der Waals surface area (Å²) in [6.07, 6.45) is 7.64. The molecule has 0 spiro atoms. The maximum absolute atomic E-state index is 14.3. The highest BCUT2D eigenvalue weighted by Gasteiger charge is 2.19. The Balaban J connectivity index is 1.20. The minimum absolute atomic E-state index is 0.00820. The number of aromatic amines is 2. The third-order valence-electron chi connectivity index (χ3n) is 7.86. The molecule has 1 fully saturated rings. The van der Waals surface area contributed by atoms with Crippen molar-refractivity contribution in [3.05, 3.63) is 72.9 Å². The molecule has 5 heterocycles. The van der Waals surface area contributed by atoms with E-state index in [0.29, 0.717) is 52.1 Å². The lowest BCUT2D eigenvalue weighted by molar-refractivity contribution is -0.117. The highest BCUT2D eigenvalue weighted by Crippen LogP contribution is 2.34. The number of piperidine rings is 1. The van der Waals surface area contributed by atoms with Gasteiger partial charge >= 0.3 is 0 Å². The molecular weight excluding hydrogens is 547 g/mol. The van der Waals surface area contributed by atoms with Gasteiger partial charge in [-0.2, -0.15) is 5.10 Å². The van der Waals surface area contributed by atoms with Gasteiger partial charge in [-0.05, 0) is 73.8 Å². The van der Waals surface area contributed by atoms with Gasteiger partial charge in [-0.15, -0.1) is 0 Å². The first-order valence-corrected chi connectivity index (χ1v) is 14.2. The second-order valence-corrected chi connectivity index (χ2v) is 10.8. The van der Waals surface area contributed by atoms with Crippen molar-refractivity contribution >= 4 is 33.5 Å². The van der Waals surface area contributed by atoms with Crippen molar-refractivity contribution < 1.29 is 13.9 Å². The van der Waals surface area contributed by atoms with Crippen LogP contribution in [0, 0.1) is 11.7 Å². The molecular formula is C32H29FN8O2. The molecule has 4 N–H and O–H groups in total. The summed E-state index contributed by atoms with van der Waals surface area (Å²) in [6.45, 7) is 1.92. The van der Waals surface area contributed by atoms with Crippen molar-refractivity contribution in [3.8, 4) is 39.7 Å². The first-order chi connectivity index (χ1) is 21.0. The van der Waals surface area contributed by atoms with E-state index in [0.717, 1.165) is 53.5 Å². The van der Waals surface area contributed by atoms with Crippen LogP contribution in [0.4, 0.5) is 10.1 Å². The Kier molecular flexibility index (Phi) is 6.99. The number of nitrogens with one attached hydrogen (secondary N) is 4. The van der Waals surface area contributed by atoms with Gasteiger partial charge in [0.05, 0.1) is 35.7 Å². The first kappa shape index (κ1) is 26.7. The number of methoxy groups -OCH3 is 1. The minimum atomic E-state index is -0.422. The van der Waals surface area contributed by atoms with E-state index in [-0.39, 0.29) is 5.91 Å². The Hall–Kier alpha value is -5.16. The largest absolute Gasteiger partial charge is 0.497 e. The van der Waals surface area contributed by atoms with Crippen LogP contribution in [-0.4, -0.2) is 56.2 Å². The SMILES string of the molecule is COc1cc(F)cc(-c2nccc3[nH]c(-c4n[nH]c5ccc(-c6cncc(NC(=O)CC7CCNCC7)c6)cc45)nc23)c1. The van der Waals surface area contributed by atoms with Crippen LogP contribution in [0.25, 0.3) is 55.8 Å². The molecule has 0 bridgehead atoms. The average molecular weight is 577 g/mol. The predicted molar refractivity (Wildman–Crippen MR) is 163 cm³/mol. The predicted octanol–water partition coefficient (Wildman–Crippen LogP) is 5.71. The summed E-state index contributed by atoms with van der Waals surface area (Å²) in [7, 11) is 1.49. The molecule has 0 unspecified atom stereocenters. The van der Waals surface area contributed by atoms with Gasteiger partial charge in [0, 0.05) is 41.4 Å². The van der Waals surface area contributed by atoms with Gasteiger partial charge in [-0.1, -0.05) is 6.07 Å². The van der Waals surface area contributed by atoms with E-state index in [1.54, 1.807) is 24.7 Å². The van der Waals surface area contributed by atoms with Crippen LogP contribution < -0.4 is 15.4 Å². The molecule has 0 atom stereocenters. The van der Waals surface area contributed by atoms with Crippen molar-refractivity contribution in [1.29, 1.82) is 0 Å². The molecule has 1 aliphatic rings. The third kappa shape index (κ3) is 5.42. The van der Waals surface area contributed by atoms with Crippen LogP contribution in [0.5, 0.6) is 5.75 Å². The molecule has 6 aromatic rings. The highest BCUT2D eigenvalue weighted by atomic mass is 19.1. The number of anilines is 1. The molecule has 43 heavy (non-hydrogen) atoms. The van der Waals surface area contributed by atoms with Gasteiger partial charge in [-0.25, -0.2) is 9.37 Å². The van der Waals surface area contributed by atoms with Gasteiger partial charge in [0.1, 0.15) is 22.8 Å². The topological polar surface area (TPSA) is 134 Å². The molecule has 2 aromatic carbocycles. The number of nitrogens with zero attached hydrogens (tertiary/aromatic N) is 4. The number of carbonyl (C=O) groups is 1. The molecule has 4 aromatic heterocycles. The van der Waals surface area contributed by atoms with Gasteiger partial charge in [0.2, 0.25) is 5.91 Å². The quantitative estimate of drug-likeness (QED) is 0.191. The smallest absolute Gasteiger partial charge is 0.224 e. The molecule has 0 radical (unpaired) electrons. The summed E-state index contributed by atoms with van der Waals surface area (Å²) in [5.74, 6) is 0.938. The number of aromatic nitrogens is 6. The molecule has 216 valence electrons. The van der Waals surface area contributed by atoms with Gasteiger partial charge in [0.15, 0.2) is 5.82 Å². The molecule has 11 heteroatoms. The van der Waals surface area contributed by atoms with Crippen LogP contribution in [0.15, 0.2) is 67.1 Å². The van der Waals surface area contributed by atoms with E-state index in [1.807, 2.05) is 30.3 Å². The summed E-state index contributed by atoms with van der Waals surface area (Å²) in [6, 6.07) is 14.2. The van der Waals surface area contributed by atoms with Crippen molar-refractivity contribution in [2.75, 3.05) is 25.5 Å². The van der Waals surface area contributed by atoms with Gasteiger partial charge in [0.25, 0.3) is 0 Å². The molecule has 0 aliphatic carbocycles. The van der Waals surface area contributed by atoms with Crippen LogP contribution >= 0.6 is 0 Å². The van der Waals surface area contributed by atoms with E-state index in [4.69, 9.17) is 9.72 Å². The van der Waals surface area contributed by atoms with Crippen molar-refractivity contribution in [2.24, 2.45) is 5.92 Å². The van der Waals surface area contributed by atoms with E-state index in [2.05, 4.69) is 35.8 Å². The lowest BCUT2D eigenvalue weighted by Crippen LogP contribution is -2.30. The van der Waals surface area contributed by atoms with E-state index in [1.165, 1.54) is 19.2 Å². The van der Waals surface area contributed by atoms with E-state index < -0.39 is 5.82 Å². The number of H-pyrrole nitrogens is 2. The fourth-order valence-electron chi connectivity index (χ4n) is 5.68. The van der Waals surface area contributed by atoms with Crippen LogP contribution in [0.1, 0.15) is 19.3 Å². The van der Waals surface area contributed by atoms with Crippen molar-refractivity contribution in [3.63, 3.8) is 0 Å². The Morgan fingerprint density at radius 3 is 2.74 bits per heavy atom. The molecule has 1 amide bonds. The number of carbonyl (C=O) groups excluding carboxylic acids is 1. The summed E-state index contributed by atoms with van der Waals surface area (Å²) < 4.78 is 19.5. The zero-order valence-electron chi connectivity index (χ0n) is 23.4. The number of ether oxygens (including phenoxy) is 1. The number of pyridine rings is 2. The monoisotopic (exact) mass is 576 g/mol. The van der Waals surface area contributed by atoms with E-state index in [9.17, 15) is 9.18 Å². The number of hydrogen-bond donors (Lipinski definition) is 4. The van der Waals surface area contributed by atoms with Gasteiger partial charge < -0.3 is 20.4 Å². The fourth-order valence-corrected chi connectivity index (χ4v) is 5.68. The Morgan fingerprint density at radius 1 is 1.00 bits per heavy atom. The van der Waals surface area contributed by atoms with Crippen molar-refractivity contribution in [1.82, 2.24) is 35.5 Å². The van der Waals surface area contributed by atoms with E-state index >= 15 is 0 Å². The number of imidazole rings is 1. The summed E-state index contributed by atoms with van der Waals surface area (Å²) in [5, 5.41) is 14.9. The fraction of sp³-hybridized carbons (Fsp3) is 0.219. The number of rotatable bonds is 7. The van der Waals surface area contributed by atoms with Crippen LogP contribution in [0.2, 0.25) is 0 Å². The number of hydrogen-bond acceptors (Lipinski definition) is 7. The van der Waals surface area contributed by atoms with Gasteiger partial charge in [-0.3, -0.25) is 19.9 Å². The average Bonchev–Trinajstić information content (AvgIpc) is 3.65. The number of amides is 1. The molecule has 7 rings (SSSR count). The molecule has 0 saturated carbocycles. The summed E-state index contributed by atoms with van der Waals surface area (Å²) in [4.78, 5) is 29.8. The Bertz CT molecular complexity index is 1960. The summed E-state index contributed by atoms with van der Waals surface area (Å²) >= 11 is 0. The zero-order chi connectivity index (χ0) is 29.3.